The van der Waals surface area contributed by atoms with Crippen LogP contribution in [0.1, 0.15) is 48.4 Å². The third-order valence-electron chi connectivity index (χ3n) is 3.97. The van der Waals surface area contributed by atoms with E-state index < -0.39 is 0 Å². The quantitative estimate of drug-likeness (QED) is 0.860. The summed E-state index contributed by atoms with van der Waals surface area (Å²) in [5.41, 5.74) is 9.53. The van der Waals surface area contributed by atoms with E-state index in [2.05, 4.69) is 0 Å². The molecule has 2 N–H and O–H groups in total. The highest BCUT2D eigenvalue weighted by Crippen LogP contribution is 2.19. The third kappa shape index (κ3) is 3.25. The highest BCUT2D eigenvalue weighted by molar-refractivity contribution is 5.96. The molecule has 1 fully saturated rings. The predicted octanol–water partition coefficient (Wildman–Crippen LogP) is 2.23. The van der Waals surface area contributed by atoms with Crippen LogP contribution in [0.5, 0.6) is 0 Å². The van der Waals surface area contributed by atoms with Gasteiger partial charge in [0.05, 0.1) is 0 Å². The lowest BCUT2D eigenvalue weighted by atomic mass is 10.0. The molecule has 1 atom stereocenters. The lowest BCUT2D eigenvalue weighted by Crippen LogP contribution is -2.40. The van der Waals surface area contributed by atoms with Gasteiger partial charge in [-0.25, -0.2) is 0 Å². The SMILES string of the molecule is Cc1ccc(C(N)CN2C(=O)CCCCC2=O)cc1C. The fraction of sp³-hybridized carbons (Fsp3) is 0.500. The van der Waals surface area contributed by atoms with Crippen LogP contribution in [-0.2, 0) is 9.59 Å². The maximum absolute atomic E-state index is 12.0. The summed E-state index contributed by atoms with van der Waals surface area (Å²) >= 11 is 0. The van der Waals surface area contributed by atoms with Crippen molar-refractivity contribution in [1.29, 1.82) is 0 Å². The van der Waals surface area contributed by atoms with E-state index in [1.54, 1.807) is 0 Å². The first kappa shape index (κ1) is 14.7. The van der Waals surface area contributed by atoms with Crippen LogP contribution >= 0.6 is 0 Å². The molecule has 4 heteroatoms. The van der Waals surface area contributed by atoms with Gasteiger partial charge in [0.1, 0.15) is 0 Å². The Hall–Kier alpha value is -1.68. The van der Waals surface area contributed by atoms with Crippen LogP contribution in [0.4, 0.5) is 0 Å². The summed E-state index contributed by atoms with van der Waals surface area (Å²) in [5, 5.41) is 0. The second kappa shape index (κ2) is 6.18. The van der Waals surface area contributed by atoms with Gasteiger partial charge in [-0.2, -0.15) is 0 Å². The highest BCUT2D eigenvalue weighted by Gasteiger charge is 2.26. The minimum atomic E-state index is -0.319. The van der Waals surface area contributed by atoms with Crippen molar-refractivity contribution < 1.29 is 9.59 Å². The Bertz CT molecular complexity index is 507. The zero-order valence-corrected chi connectivity index (χ0v) is 12.2. The van der Waals surface area contributed by atoms with E-state index in [0.717, 1.165) is 18.4 Å². The highest BCUT2D eigenvalue weighted by atomic mass is 16.2. The number of nitrogens with zero attached hydrogens (tertiary/aromatic N) is 1. The average Bonchev–Trinajstić information content (AvgIpc) is 2.57. The maximum Gasteiger partial charge on any atom is 0.229 e. The summed E-state index contributed by atoms with van der Waals surface area (Å²) in [7, 11) is 0. The number of carbonyl (C=O) groups is 2. The minimum absolute atomic E-state index is 0.0909. The van der Waals surface area contributed by atoms with Crippen LogP contribution in [0, 0.1) is 13.8 Å². The molecule has 4 nitrogen and oxygen atoms in total. The molecule has 1 unspecified atom stereocenters. The van der Waals surface area contributed by atoms with Crippen molar-refractivity contribution in [2.24, 2.45) is 5.73 Å². The summed E-state index contributed by atoms with van der Waals surface area (Å²) < 4.78 is 0. The van der Waals surface area contributed by atoms with Gasteiger partial charge in [-0.15, -0.1) is 0 Å². The van der Waals surface area contributed by atoms with Crippen molar-refractivity contribution in [1.82, 2.24) is 4.90 Å². The van der Waals surface area contributed by atoms with Crippen LogP contribution in [0.25, 0.3) is 0 Å². The number of carbonyl (C=O) groups excluding carboxylic acids is 2. The van der Waals surface area contributed by atoms with E-state index in [1.807, 2.05) is 32.0 Å². The van der Waals surface area contributed by atoms with Gasteiger partial charge in [0.15, 0.2) is 0 Å². The van der Waals surface area contributed by atoms with Gasteiger partial charge < -0.3 is 5.73 Å². The number of rotatable bonds is 3. The topological polar surface area (TPSA) is 63.4 Å². The predicted molar refractivity (Wildman–Crippen MR) is 78.0 cm³/mol. The second-order valence-electron chi connectivity index (χ2n) is 5.56. The molecule has 20 heavy (non-hydrogen) atoms. The zero-order valence-electron chi connectivity index (χ0n) is 12.2. The standard InChI is InChI=1S/C16H22N2O2/c1-11-7-8-13(9-12(11)2)14(17)10-18-15(19)5-3-4-6-16(18)20/h7-9,14H,3-6,10,17H2,1-2H3. The van der Waals surface area contributed by atoms with Crippen LogP contribution in [0.15, 0.2) is 18.2 Å². The number of benzene rings is 1. The molecule has 1 saturated heterocycles. The molecule has 108 valence electrons. The van der Waals surface area contributed by atoms with Crippen LogP contribution in [0.3, 0.4) is 0 Å². The molecule has 0 radical (unpaired) electrons. The van der Waals surface area contributed by atoms with Gasteiger partial charge >= 0.3 is 0 Å². The fourth-order valence-electron chi connectivity index (χ4n) is 2.46. The molecule has 1 heterocycles. The molecule has 0 bridgehead atoms. The Morgan fingerprint density at radius 2 is 1.70 bits per heavy atom. The minimum Gasteiger partial charge on any atom is -0.322 e. The number of hydrogen-bond donors (Lipinski definition) is 1. The lowest BCUT2D eigenvalue weighted by molar-refractivity contribution is -0.144. The van der Waals surface area contributed by atoms with E-state index >= 15 is 0 Å². The van der Waals surface area contributed by atoms with Gasteiger partial charge in [-0.05, 0) is 43.4 Å². The lowest BCUT2D eigenvalue weighted by Gasteiger charge is -2.23. The van der Waals surface area contributed by atoms with Crippen LogP contribution in [0.2, 0.25) is 0 Å². The Kier molecular flexibility index (Phi) is 4.55. The summed E-state index contributed by atoms with van der Waals surface area (Å²) in [6.07, 6.45) is 2.48. The van der Waals surface area contributed by atoms with Crippen LogP contribution < -0.4 is 5.73 Å². The van der Waals surface area contributed by atoms with Crippen molar-refractivity contribution in [2.45, 2.75) is 45.6 Å². The summed E-state index contributed by atoms with van der Waals surface area (Å²) in [5.74, 6) is -0.182. The monoisotopic (exact) mass is 274 g/mol. The van der Waals surface area contributed by atoms with Crippen molar-refractivity contribution in [3.8, 4) is 0 Å². The van der Waals surface area contributed by atoms with E-state index in [1.165, 1.54) is 16.0 Å². The Morgan fingerprint density at radius 3 is 2.25 bits per heavy atom. The molecule has 1 aromatic carbocycles. The van der Waals surface area contributed by atoms with Crippen molar-refractivity contribution in [3.63, 3.8) is 0 Å². The normalized spacial score (nSPS) is 18.1. The van der Waals surface area contributed by atoms with Gasteiger partial charge in [0.2, 0.25) is 11.8 Å². The Morgan fingerprint density at radius 1 is 1.10 bits per heavy atom. The fourth-order valence-corrected chi connectivity index (χ4v) is 2.46. The number of likely N-dealkylation sites (tertiary alicyclic amines) is 1. The number of aryl methyl sites for hydroxylation is 2. The smallest absolute Gasteiger partial charge is 0.229 e. The van der Waals surface area contributed by atoms with Gasteiger partial charge in [-0.3, -0.25) is 14.5 Å². The molecule has 1 aliphatic rings. The zero-order chi connectivity index (χ0) is 14.7. The molecule has 0 aromatic heterocycles. The van der Waals surface area contributed by atoms with Gasteiger partial charge in [0, 0.05) is 25.4 Å². The third-order valence-corrected chi connectivity index (χ3v) is 3.97. The van der Waals surface area contributed by atoms with Crippen molar-refractivity contribution in [3.05, 3.63) is 34.9 Å². The molecule has 0 aliphatic carbocycles. The van der Waals surface area contributed by atoms with Crippen LogP contribution in [-0.4, -0.2) is 23.3 Å². The molecule has 2 rings (SSSR count). The summed E-state index contributed by atoms with van der Waals surface area (Å²) in [6.45, 7) is 4.36. The summed E-state index contributed by atoms with van der Waals surface area (Å²) in [4.78, 5) is 25.3. The van der Waals surface area contributed by atoms with E-state index in [9.17, 15) is 9.59 Å². The molecule has 0 spiro atoms. The second-order valence-corrected chi connectivity index (χ2v) is 5.56. The molecular weight excluding hydrogens is 252 g/mol. The Balaban J connectivity index is 2.12. The number of amides is 2. The molecule has 1 aromatic rings. The van der Waals surface area contributed by atoms with E-state index in [0.29, 0.717) is 12.8 Å². The number of imide groups is 1. The maximum atomic E-state index is 12.0. The first-order valence-electron chi connectivity index (χ1n) is 7.15. The van der Waals surface area contributed by atoms with Crippen molar-refractivity contribution >= 4 is 11.8 Å². The summed E-state index contributed by atoms with van der Waals surface area (Å²) in [6, 6.07) is 5.71. The number of hydrogen-bond acceptors (Lipinski definition) is 3. The Labute approximate surface area is 119 Å². The van der Waals surface area contributed by atoms with Gasteiger partial charge in [-0.1, -0.05) is 18.2 Å². The largest absolute Gasteiger partial charge is 0.322 e. The van der Waals surface area contributed by atoms with Gasteiger partial charge in [0.25, 0.3) is 0 Å². The first-order valence-corrected chi connectivity index (χ1v) is 7.15. The average molecular weight is 274 g/mol. The van der Waals surface area contributed by atoms with Crippen molar-refractivity contribution in [2.75, 3.05) is 6.54 Å². The molecule has 1 aliphatic heterocycles. The molecule has 0 saturated carbocycles. The van der Waals surface area contributed by atoms with E-state index in [4.69, 9.17) is 5.73 Å². The molecule has 2 amide bonds. The van der Waals surface area contributed by atoms with E-state index in [-0.39, 0.29) is 24.4 Å². The molecular formula is C16H22N2O2. The number of nitrogens with two attached hydrogens (primary N) is 1. The first-order chi connectivity index (χ1) is 9.49.